The van der Waals surface area contributed by atoms with E-state index in [0.29, 0.717) is 0 Å². The van der Waals surface area contributed by atoms with Crippen LogP contribution in [0, 0.1) is 0 Å². The minimum Gasteiger partial charge on any atom is -1.00 e. The van der Waals surface area contributed by atoms with Gasteiger partial charge in [0.1, 0.15) is 85.4 Å². The van der Waals surface area contributed by atoms with Crippen LogP contribution < -0.4 is 68.4 Å². The van der Waals surface area contributed by atoms with E-state index in [1.807, 2.05) is 0 Å². The van der Waals surface area contributed by atoms with Gasteiger partial charge in [0.15, 0.2) is 10.1 Å². The number of benzene rings is 12. The maximum Gasteiger partial charge on any atom is 0.762 e. The van der Waals surface area contributed by atoms with Crippen molar-refractivity contribution in [2.45, 2.75) is 12.4 Å². The van der Waals surface area contributed by atoms with Gasteiger partial charge in [-0.1, -0.05) is 218 Å². The van der Waals surface area contributed by atoms with Crippen molar-refractivity contribution < 1.29 is 60.9 Å². The molecule has 12 aromatic rings. The third kappa shape index (κ3) is 19.9. The van der Waals surface area contributed by atoms with Gasteiger partial charge in [-0.05, 0) is 153 Å². The van der Waals surface area contributed by atoms with E-state index in [1.54, 1.807) is 0 Å². The van der Waals surface area contributed by atoms with Crippen LogP contribution >= 0.6 is 21.8 Å². The summed E-state index contributed by atoms with van der Waals surface area (Å²) < 4.78 is 120. The summed E-state index contributed by atoms with van der Waals surface area (Å²) in [6, 6.07) is 131. The van der Waals surface area contributed by atoms with Gasteiger partial charge in [-0.2, -0.15) is 13.2 Å². The smallest absolute Gasteiger partial charge is 0.762 e. The molecule has 12 rings (SSSR count). The highest BCUT2D eigenvalue weighted by Crippen LogP contribution is 2.56. The van der Waals surface area contributed by atoms with Crippen LogP contribution in [0.1, 0.15) is 6.92 Å². The Hall–Kier alpha value is -8.72. The zero-order valence-electron chi connectivity index (χ0n) is 51.1. The molecular formula is C75H65BF7O7P3S2. The van der Waals surface area contributed by atoms with Gasteiger partial charge in [-0.15, -0.1) is 0 Å². The molecule has 7 nitrogen and oxygen atoms in total. The summed E-state index contributed by atoms with van der Waals surface area (Å²) in [5.74, 6) is 0. The van der Waals surface area contributed by atoms with E-state index in [-0.39, 0.29) is 11.3 Å². The molecule has 95 heavy (non-hydrogen) atoms. The van der Waals surface area contributed by atoms with Crippen molar-refractivity contribution in [3.8, 4) is 0 Å². The molecule has 0 bridgehead atoms. The largest absolute Gasteiger partial charge is 1.00 e. The van der Waals surface area contributed by atoms with Crippen molar-refractivity contribution in [2.24, 2.45) is 0 Å². The van der Waals surface area contributed by atoms with E-state index < -0.39 is 55.4 Å². The van der Waals surface area contributed by atoms with Gasteiger partial charge in [0.05, 0.1) is 6.61 Å². The van der Waals surface area contributed by atoms with Crippen molar-refractivity contribution in [1.29, 1.82) is 0 Å². The maximum absolute atomic E-state index is 10.7. The molecule has 0 heterocycles. The summed E-state index contributed by atoms with van der Waals surface area (Å²) in [6.07, 6.45) is 0. The van der Waals surface area contributed by atoms with Crippen molar-refractivity contribution in [3.05, 3.63) is 364 Å². The first-order valence-corrected chi connectivity index (χ1v) is 37.3. The SMILES string of the molecule is CCOS(=O)(=O)[O-].FB(F)F.O=S(=O)([O-])C(F)(F)F.[F-].c1ccc([P+](c2ccccc2)(c2ccccc2)c2ccccc2)cc1.c1ccc([P+](c2ccccc2)(c2ccccc2)c2ccccc2)cc1.c1ccc([P+](c2ccccc2)(c2ccccc2)c2ccccc2)cc1. The highest BCUT2D eigenvalue weighted by atomic mass is 32.3. The van der Waals surface area contributed by atoms with Gasteiger partial charge < -0.3 is 13.8 Å². The third-order valence-corrected chi connectivity index (χ3v) is 28.2. The Balaban J connectivity index is 0.000000197. The summed E-state index contributed by atoms with van der Waals surface area (Å²) in [5, 5.41) is 16.7. The van der Waals surface area contributed by atoms with Gasteiger partial charge in [0.25, 0.3) is 0 Å². The van der Waals surface area contributed by atoms with Crippen LogP contribution in [0.15, 0.2) is 364 Å². The van der Waals surface area contributed by atoms with Gasteiger partial charge in [-0.25, -0.2) is 16.8 Å². The predicted molar refractivity (Wildman–Crippen MR) is 380 cm³/mol. The fourth-order valence-corrected chi connectivity index (χ4v) is 23.7. The summed E-state index contributed by atoms with van der Waals surface area (Å²) in [6.45, 7) is 1.33. The second-order valence-electron chi connectivity index (χ2n) is 20.0. The molecule has 486 valence electrons. The second kappa shape index (κ2) is 36.8. The van der Waals surface area contributed by atoms with Crippen LogP contribution in [-0.4, -0.2) is 45.6 Å². The quantitative estimate of drug-likeness (QED) is 0.0265. The van der Waals surface area contributed by atoms with E-state index in [0.717, 1.165) is 0 Å². The molecule has 0 saturated carbocycles. The molecular weight excluding hydrogens is 1310 g/mol. The van der Waals surface area contributed by atoms with Crippen molar-refractivity contribution >= 4 is 114 Å². The molecule has 0 unspecified atom stereocenters. The molecule has 0 aliphatic heterocycles. The van der Waals surface area contributed by atoms with Crippen molar-refractivity contribution in [3.63, 3.8) is 0 Å². The lowest BCUT2D eigenvalue weighted by atomic mass is 10.3. The number of hydrogen-bond acceptors (Lipinski definition) is 7. The molecule has 0 aromatic heterocycles. The lowest BCUT2D eigenvalue weighted by molar-refractivity contribution is -0.0518. The standard InChI is InChI=1S/3C24H20P.C2H6O4S.CHF3O3S.BF3.FH/c3*1-5-13-21(14-6-1)25(22-15-7-2-8-16-22,23-17-9-3-10-18-23)24-19-11-4-12-20-24;1-2-6-7(3,4)5;2-1(3,4)8(5,6)7;2-1(3)4;/h3*1-20H;2H2,1H3,(H,3,4,5);(H,5,6,7);;1H/q3*+1;;;;/p-3. The molecule has 0 aliphatic rings. The minimum atomic E-state index is -6.09. The average molecular weight is 1380 g/mol. The molecule has 0 aliphatic carbocycles. The first-order chi connectivity index (χ1) is 45.3. The minimum absolute atomic E-state index is 0. The van der Waals surface area contributed by atoms with Gasteiger partial charge in [-0.3, -0.25) is 17.1 Å². The fourth-order valence-electron chi connectivity index (χ4n) is 10.6. The number of rotatable bonds is 14. The Morgan fingerprint density at radius 1 is 0.295 bits per heavy atom. The second-order valence-corrected chi connectivity index (χ2v) is 32.6. The first-order valence-electron chi connectivity index (χ1n) is 29.2. The first kappa shape index (κ1) is 75.3. The Kier molecular flexibility index (Phi) is 29.2. The average Bonchev–Trinajstić information content (AvgIpc) is 0.758. The maximum atomic E-state index is 10.7. The Bertz CT molecular complexity index is 3450. The van der Waals surface area contributed by atoms with E-state index in [4.69, 9.17) is 13.0 Å². The van der Waals surface area contributed by atoms with Crippen LogP contribution in [-0.2, 0) is 24.7 Å². The predicted octanol–water partition coefficient (Wildman–Crippen LogP) is 10.3. The molecule has 0 saturated heterocycles. The summed E-state index contributed by atoms with van der Waals surface area (Å²) in [5.41, 5.74) is -5.65. The van der Waals surface area contributed by atoms with E-state index in [1.165, 1.54) is 70.6 Å². The highest BCUT2D eigenvalue weighted by Gasteiger charge is 2.50. The lowest BCUT2D eigenvalue weighted by Crippen LogP contribution is -3.00. The number of hydrogen-bond donors (Lipinski definition) is 0. The zero-order valence-corrected chi connectivity index (χ0v) is 55.4. The molecule has 12 aromatic carbocycles. The molecule has 0 N–H and O–H groups in total. The fraction of sp³-hybridized carbons (Fsp3) is 0.0400. The van der Waals surface area contributed by atoms with E-state index >= 15 is 0 Å². The zero-order chi connectivity index (χ0) is 67.3. The van der Waals surface area contributed by atoms with Crippen LogP contribution in [0.5, 0.6) is 0 Å². The third-order valence-electron chi connectivity index (χ3n) is 14.3. The number of alkyl halides is 3. The number of halogens is 7. The lowest BCUT2D eigenvalue weighted by Gasteiger charge is -2.27. The summed E-state index contributed by atoms with van der Waals surface area (Å²) in [7, 11) is -19.9. The molecule has 0 amide bonds. The van der Waals surface area contributed by atoms with Crippen molar-refractivity contribution in [2.75, 3.05) is 6.61 Å². The van der Waals surface area contributed by atoms with E-state index in [9.17, 15) is 39.1 Å². The van der Waals surface area contributed by atoms with E-state index in [2.05, 4.69) is 368 Å². The molecule has 0 spiro atoms. The molecule has 0 atom stereocenters. The Morgan fingerprint density at radius 2 is 0.389 bits per heavy atom. The summed E-state index contributed by atoms with van der Waals surface area (Å²) in [4.78, 5) is 0. The topological polar surface area (TPSA) is 124 Å². The van der Waals surface area contributed by atoms with Crippen molar-refractivity contribution in [1.82, 2.24) is 0 Å². The highest BCUT2D eigenvalue weighted by molar-refractivity contribution is 8.02. The van der Waals surface area contributed by atoms with Gasteiger partial charge in [0.2, 0.25) is 10.4 Å². The Labute approximate surface area is 554 Å². The van der Waals surface area contributed by atoms with Crippen LogP contribution in [0.25, 0.3) is 0 Å². The normalized spacial score (nSPS) is 11.2. The molecule has 20 heteroatoms. The summed E-state index contributed by atoms with van der Waals surface area (Å²) >= 11 is 0. The monoisotopic (exact) mass is 1380 g/mol. The molecule has 0 radical (unpaired) electrons. The van der Waals surface area contributed by atoms with Crippen LogP contribution in [0.4, 0.5) is 26.1 Å². The van der Waals surface area contributed by atoms with Crippen LogP contribution in [0.3, 0.4) is 0 Å². The van der Waals surface area contributed by atoms with Crippen LogP contribution in [0.2, 0.25) is 0 Å². The van der Waals surface area contributed by atoms with Gasteiger partial charge >= 0.3 is 13.1 Å². The Morgan fingerprint density at radius 3 is 0.442 bits per heavy atom. The molecule has 0 fully saturated rings. The van der Waals surface area contributed by atoms with Gasteiger partial charge in [0, 0.05) is 0 Å².